The highest BCUT2D eigenvalue weighted by Gasteiger charge is 2.11. The average Bonchev–Trinajstić information content (AvgIpc) is 2.54. The lowest BCUT2D eigenvalue weighted by Gasteiger charge is -2.13. The first-order chi connectivity index (χ1) is 11.1. The molecule has 3 nitrogen and oxygen atoms in total. The molecular weight excluding hydrogens is 288 g/mol. The van der Waals surface area contributed by atoms with Gasteiger partial charge in [0.15, 0.2) is 0 Å². The van der Waals surface area contributed by atoms with E-state index in [1.165, 1.54) is 0 Å². The van der Waals surface area contributed by atoms with E-state index in [1.54, 1.807) is 12.1 Å². The average molecular weight is 312 g/mol. The molecule has 0 aliphatic carbocycles. The van der Waals surface area contributed by atoms with Crippen molar-refractivity contribution in [1.29, 1.82) is 0 Å². The Kier molecular flexibility index (Phi) is 5.80. The highest BCUT2D eigenvalue weighted by Crippen LogP contribution is 2.30. The van der Waals surface area contributed by atoms with Crippen LogP contribution >= 0.6 is 0 Å². The van der Waals surface area contributed by atoms with Crippen molar-refractivity contribution in [2.45, 2.75) is 40.0 Å². The van der Waals surface area contributed by atoms with Gasteiger partial charge in [0.25, 0.3) is 0 Å². The van der Waals surface area contributed by atoms with E-state index in [9.17, 15) is 9.90 Å². The number of aromatic carboxylic acids is 1. The van der Waals surface area contributed by atoms with E-state index in [0.717, 1.165) is 47.3 Å². The van der Waals surface area contributed by atoms with Gasteiger partial charge in [-0.2, -0.15) is 0 Å². The van der Waals surface area contributed by atoms with Crippen LogP contribution in [0.1, 0.15) is 48.2 Å². The van der Waals surface area contributed by atoms with E-state index in [2.05, 4.69) is 19.9 Å². The first kappa shape index (κ1) is 17.1. The van der Waals surface area contributed by atoms with Gasteiger partial charge in [-0.25, -0.2) is 4.79 Å². The van der Waals surface area contributed by atoms with E-state index in [-0.39, 0.29) is 0 Å². The molecule has 122 valence electrons. The van der Waals surface area contributed by atoms with Crippen molar-refractivity contribution < 1.29 is 14.6 Å². The Bertz CT molecular complexity index is 689. The van der Waals surface area contributed by atoms with Crippen LogP contribution in [0.3, 0.4) is 0 Å². The smallest absolute Gasteiger partial charge is 0.335 e. The van der Waals surface area contributed by atoms with E-state index >= 15 is 0 Å². The zero-order valence-electron chi connectivity index (χ0n) is 14.1. The molecule has 1 N–H and O–H groups in total. The molecule has 0 heterocycles. The molecule has 0 unspecified atom stereocenters. The van der Waals surface area contributed by atoms with Gasteiger partial charge in [-0.1, -0.05) is 32.4 Å². The quantitative estimate of drug-likeness (QED) is 0.773. The molecule has 0 amide bonds. The van der Waals surface area contributed by atoms with Crippen molar-refractivity contribution in [3.63, 3.8) is 0 Å². The highest BCUT2D eigenvalue weighted by molar-refractivity contribution is 5.89. The van der Waals surface area contributed by atoms with Gasteiger partial charge in [-0.15, -0.1) is 0 Å². The first-order valence-corrected chi connectivity index (χ1v) is 8.16. The minimum Gasteiger partial charge on any atom is -0.493 e. The van der Waals surface area contributed by atoms with Gasteiger partial charge in [0.05, 0.1) is 12.2 Å². The third-order valence-electron chi connectivity index (χ3n) is 3.82. The standard InChI is InChI=1S/C20H24O3/c1-4-6-15-13-17(20(21)22)7-9-18(15)16-8-10-19(14(3)12-16)23-11-5-2/h7-10,12-13H,4-6,11H2,1-3H3,(H,21,22). The summed E-state index contributed by atoms with van der Waals surface area (Å²) in [6.07, 6.45) is 2.83. The summed E-state index contributed by atoms with van der Waals surface area (Å²) >= 11 is 0. The number of benzene rings is 2. The maximum atomic E-state index is 11.2. The summed E-state index contributed by atoms with van der Waals surface area (Å²) in [6.45, 7) is 6.95. The topological polar surface area (TPSA) is 46.5 Å². The van der Waals surface area contributed by atoms with Gasteiger partial charge in [-0.3, -0.25) is 0 Å². The first-order valence-electron chi connectivity index (χ1n) is 8.16. The molecule has 0 aliphatic rings. The van der Waals surface area contributed by atoms with Gasteiger partial charge >= 0.3 is 5.97 Å². The fraction of sp³-hybridized carbons (Fsp3) is 0.350. The van der Waals surface area contributed by atoms with E-state index < -0.39 is 5.97 Å². The number of hydrogen-bond acceptors (Lipinski definition) is 2. The molecule has 0 aliphatic heterocycles. The second-order valence-electron chi connectivity index (χ2n) is 5.76. The van der Waals surface area contributed by atoms with Gasteiger partial charge in [0.1, 0.15) is 5.75 Å². The van der Waals surface area contributed by atoms with Crippen molar-refractivity contribution in [1.82, 2.24) is 0 Å². The fourth-order valence-electron chi connectivity index (χ4n) is 2.68. The molecular formula is C20H24O3. The fourth-order valence-corrected chi connectivity index (χ4v) is 2.68. The Morgan fingerprint density at radius 3 is 2.48 bits per heavy atom. The maximum absolute atomic E-state index is 11.2. The molecule has 0 bridgehead atoms. The Morgan fingerprint density at radius 1 is 1.09 bits per heavy atom. The predicted molar refractivity (Wildman–Crippen MR) is 93.4 cm³/mol. The molecule has 0 aromatic heterocycles. The third-order valence-corrected chi connectivity index (χ3v) is 3.82. The molecule has 0 radical (unpaired) electrons. The Labute approximate surface area is 137 Å². The van der Waals surface area contributed by atoms with Crippen molar-refractivity contribution in [3.8, 4) is 16.9 Å². The normalized spacial score (nSPS) is 10.6. The van der Waals surface area contributed by atoms with E-state index in [4.69, 9.17) is 4.74 Å². The summed E-state index contributed by atoms with van der Waals surface area (Å²) < 4.78 is 5.73. The van der Waals surface area contributed by atoms with Gasteiger partial charge in [0, 0.05) is 0 Å². The van der Waals surface area contributed by atoms with E-state index in [0.29, 0.717) is 12.2 Å². The van der Waals surface area contributed by atoms with Gasteiger partial charge in [0.2, 0.25) is 0 Å². The number of aryl methyl sites for hydroxylation is 2. The minimum absolute atomic E-state index is 0.344. The second-order valence-corrected chi connectivity index (χ2v) is 5.76. The van der Waals surface area contributed by atoms with Crippen LogP contribution in [0.5, 0.6) is 5.75 Å². The molecule has 2 rings (SSSR count). The summed E-state index contributed by atoms with van der Waals surface area (Å²) in [6, 6.07) is 11.5. The molecule has 0 saturated carbocycles. The van der Waals surface area contributed by atoms with Crippen LogP contribution in [0.25, 0.3) is 11.1 Å². The van der Waals surface area contributed by atoms with Crippen molar-refractivity contribution in [3.05, 3.63) is 53.1 Å². The number of carbonyl (C=O) groups is 1. The molecule has 23 heavy (non-hydrogen) atoms. The monoisotopic (exact) mass is 312 g/mol. The van der Waals surface area contributed by atoms with Gasteiger partial charge in [-0.05, 0) is 66.3 Å². The summed E-state index contributed by atoms with van der Waals surface area (Å²) in [5.41, 5.74) is 4.72. The lowest BCUT2D eigenvalue weighted by molar-refractivity contribution is 0.0697. The maximum Gasteiger partial charge on any atom is 0.335 e. The van der Waals surface area contributed by atoms with Crippen molar-refractivity contribution >= 4 is 5.97 Å². The summed E-state index contributed by atoms with van der Waals surface area (Å²) in [4.78, 5) is 11.2. The Balaban J connectivity index is 2.40. The highest BCUT2D eigenvalue weighted by atomic mass is 16.5. The van der Waals surface area contributed by atoms with Gasteiger partial charge < -0.3 is 9.84 Å². The van der Waals surface area contributed by atoms with Crippen molar-refractivity contribution in [2.75, 3.05) is 6.61 Å². The largest absolute Gasteiger partial charge is 0.493 e. The number of ether oxygens (including phenoxy) is 1. The lowest BCUT2D eigenvalue weighted by atomic mass is 9.94. The van der Waals surface area contributed by atoms with Crippen LogP contribution in [0.15, 0.2) is 36.4 Å². The minimum atomic E-state index is -0.881. The Morgan fingerprint density at radius 2 is 1.87 bits per heavy atom. The zero-order chi connectivity index (χ0) is 16.8. The summed E-state index contributed by atoms with van der Waals surface area (Å²) in [5, 5.41) is 9.19. The molecule has 2 aromatic carbocycles. The predicted octanol–water partition coefficient (Wildman–Crippen LogP) is 5.10. The molecule has 2 aromatic rings. The SMILES string of the molecule is CCCOc1ccc(-c2ccc(C(=O)O)cc2CCC)cc1C. The molecule has 0 saturated heterocycles. The third kappa shape index (κ3) is 4.13. The number of carboxylic acid groups (broad SMARTS) is 1. The summed E-state index contributed by atoms with van der Waals surface area (Å²) in [5.74, 6) is 0.0307. The number of carboxylic acids is 1. The number of rotatable bonds is 7. The summed E-state index contributed by atoms with van der Waals surface area (Å²) in [7, 11) is 0. The second kappa shape index (κ2) is 7.82. The molecule has 0 fully saturated rings. The van der Waals surface area contributed by atoms with E-state index in [1.807, 2.05) is 25.1 Å². The van der Waals surface area contributed by atoms with Crippen LogP contribution in [-0.2, 0) is 6.42 Å². The Hall–Kier alpha value is -2.29. The molecule has 3 heteroatoms. The van der Waals surface area contributed by atoms with Crippen LogP contribution in [0, 0.1) is 6.92 Å². The van der Waals surface area contributed by atoms with Crippen LogP contribution < -0.4 is 4.74 Å². The van der Waals surface area contributed by atoms with Crippen LogP contribution in [-0.4, -0.2) is 17.7 Å². The molecule has 0 spiro atoms. The number of hydrogen-bond donors (Lipinski definition) is 1. The van der Waals surface area contributed by atoms with Crippen LogP contribution in [0.4, 0.5) is 0 Å². The van der Waals surface area contributed by atoms with Crippen molar-refractivity contribution in [2.24, 2.45) is 0 Å². The zero-order valence-corrected chi connectivity index (χ0v) is 14.1. The lowest BCUT2D eigenvalue weighted by Crippen LogP contribution is -2.00. The molecule has 0 atom stereocenters. The van der Waals surface area contributed by atoms with Crippen LogP contribution in [0.2, 0.25) is 0 Å².